The summed E-state index contributed by atoms with van der Waals surface area (Å²) in [6, 6.07) is 35.6. The van der Waals surface area contributed by atoms with Gasteiger partial charge in [-0.2, -0.15) is 0 Å². The molecule has 1 unspecified atom stereocenters. The summed E-state index contributed by atoms with van der Waals surface area (Å²) in [5.41, 5.74) is 9.01. The van der Waals surface area contributed by atoms with Gasteiger partial charge in [0.25, 0.3) is 0 Å². The number of nitrogens with one attached hydrogen (secondary N) is 2. The van der Waals surface area contributed by atoms with Crippen LogP contribution in [0.2, 0.25) is 0 Å². The maximum atomic E-state index is 6.46. The van der Waals surface area contributed by atoms with Gasteiger partial charge < -0.3 is 19.5 Å². The Labute approximate surface area is 200 Å². The number of anilines is 2. The van der Waals surface area contributed by atoms with Gasteiger partial charge in [0.1, 0.15) is 28.5 Å². The Morgan fingerprint density at radius 1 is 0.543 bits per heavy atom. The smallest absolute Gasteiger partial charge is 0.147 e. The van der Waals surface area contributed by atoms with Crippen molar-refractivity contribution in [3.63, 3.8) is 0 Å². The first-order valence-corrected chi connectivity index (χ1v) is 11.8. The second kappa shape index (κ2) is 6.90. The second-order valence-electron chi connectivity index (χ2n) is 9.09. The molecular formula is C31H20N2O2. The average Bonchev–Trinajstić information content (AvgIpc) is 3.61. The number of rotatable bonds is 2. The molecule has 0 spiro atoms. The van der Waals surface area contributed by atoms with Crippen LogP contribution in [0.5, 0.6) is 0 Å². The highest BCUT2D eigenvalue weighted by Gasteiger charge is 2.24. The van der Waals surface area contributed by atoms with Crippen LogP contribution in [0.25, 0.3) is 55.0 Å². The van der Waals surface area contributed by atoms with Crippen molar-refractivity contribution in [2.75, 3.05) is 10.6 Å². The molecule has 1 aliphatic rings. The van der Waals surface area contributed by atoms with Gasteiger partial charge in [-0.3, -0.25) is 0 Å². The minimum atomic E-state index is 0.0490. The number of furan rings is 2. The third kappa shape index (κ3) is 2.68. The quantitative estimate of drug-likeness (QED) is 0.275. The van der Waals surface area contributed by atoms with E-state index >= 15 is 0 Å². The summed E-state index contributed by atoms with van der Waals surface area (Å²) < 4.78 is 12.8. The van der Waals surface area contributed by atoms with E-state index in [1.165, 1.54) is 5.56 Å². The number of hydrogen-bond donors (Lipinski definition) is 2. The Morgan fingerprint density at radius 3 is 2.09 bits per heavy atom. The van der Waals surface area contributed by atoms with Gasteiger partial charge in [-0.25, -0.2) is 0 Å². The Bertz CT molecular complexity index is 1910. The zero-order chi connectivity index (χ0) is 22.9. The molecule has 1 atom stereocenters. The predicted molar refractivity (Wildman–Crippen MR) is 143 cm³/mol. The largest absolute Gasteiger partial charge is 0.455 e. The van der Waals surface area contributed by atoms with Crippen molar-refractivity contribution in [1.29, 1.82) is 0 Å². The van der Waals surface area contributed by atoms with Crippen LogP contribution in [0.4, 0.5) is 11.4 Å². The summed E-state index contributed by atoms with van der Waals surface area (Å²) in [7, 11) is 0. The lowest BCUT2D eigenvalue weighted by atomic mass is 9.98. The molecule has 0 saturated carbocycles. The van der Waals surface area contributed by atoms with Crippen molar-refractivity contribution in [3.05, 3.63) is 109 Å². The highest BCUT2D eigenvalue weighted by molar-refractivity contribution is 6.25. The van der Waals surface area contributed by atoms with Crippen LogP contribution < -0.4 is 10.6 Å². The van der Waals surface area contributed by atoms with Gasteiger partial charge in [0.2, 0.25) is 0 Å². The molecule has 166 valence electrons. The van der Waals surface area contributed by atoms with Crippen LogP contribution in [0.1, 0.15) is 11.7 Å². The van der Waals surface area contributed by atoms with Gasteiger partial charge in [0, 0.05) is 21.7 Å². The van der Waals surface area contributed by atoms with E-state index in [1.54, 1.807) is 0 Å². The van der Waals surface area contributed by atoms with Crippen molar-refractivity contribution in [1.82, 2.24) is 0 Å². The number of hydrogen-bond acceptors (Lipinski definition) is 4. The zero-order valence-electron chi connectivity index (χ0n) is 18.7. The molecule has 4 nitrogen and oxygen atoms in total. The van der Waals surface area contributed by atoms with Crippen LogP contribution in [-0.4, -0.2) is 0 Å². The predicted octanol–water partition coefficient (Wildman–Crippen LogP) is 8.69. The minimum Gasteiger partial charge on any atom is -0.455 e. The fraction of sp³-hybridized carbons (Fsp3) is 0.0323. The molecule has 0 aliphatic carbocycles. The van der Waals surface area contributed by atoms with Crippen LogP contribution in [0, 0.1) is 0 Å². The second-order valence-corrected chi connectivity index (χ2v) is 9.09. The number of fused-ring (bicyclic) bond motifs is 8. The maximum Gasteiger partial charge on any atom is 0.147 e. The van der Waals surface area contributed by atoms with Crippen LogP contribution in [-0.2, 0) is 0 Å². The topological polar surface area (TPSA) is 50.3 Å². The third-order valence-corrected chi connectivity index (χ3v) is 7.05. The van der Waals surface area contributed by atoms with Gasteiger partial charge in [0.05, 0.1) is 16.8 Å². The van der Waals surface area contributed by atoms with Crippen molar-refractivity contribution >= 4 is 55.3 Å². The van der Waals surface area contributed by atoms with E-state index in [0.717, 1.165) is 66.4 Å². The summed E-state index contributed by atoms with van der Waals surface area (Å²) in [5.74, 6) is 0. The lowest BCUT2D eigenvalue weighted by Crippen LogP contribution is -2.11. The van der Waals surface area contributed by atoms with Gasteiger partial charge in [-0.1, -0.05) is 72.8 Å². The highest BCUT2D eigenvalue weighted by atomic mass is 16.3. The molecule has 0 fully saturated rings. The average molecular weight is 453 g/mol. The molecule has 5 aromatic carbocycles. The van der Waals surface area contributed by atoms with E-state index < -0.39 is 0 Å². The van der Waals surface area contributed by atoms with E-state index in [1.807, 2.05) is 36.4 Å². The fourth-order valence-corrected chi connectivity index (χ4v) is 5.40. The summed E-state index contributed by atoms with van der Waals surface area (Å²) in [6.45, 7) is 0. The first-order chi connectivity index (χ1) is 17.3. The molecule has 1 aliphatic heterocycles. The first kappa shape index (κ1) is 18.7. The molecule has 4 heteroatoms. The molecule has 8 rings (SSSR count). The molecule has 35 heavy (non-hydrogen) atoms. The molecule has 0 amide bonds. The lowest BCUT2D eigenvalue weighted by Gasteiger charge is -2.12. The van der Waals surface area contributed by atoms with Gasteiger partial charge in [-0.15, -0.1) is 0 Å². The monoisotopic (exact) mass is 452 g/mol. The molecule has 2 N–H and O–H groups in total. The van der Waals surface area contributed by atoms with Crippen molar-refractivity contribution in [2.24, 2.45) is 0 Å². The molecule has 3 heterocycles. The van der Waals surface area contributed by atoms with E-state index in [9.17, 15) is 0 Å². The minimum absolute atomic E-state index is 0.0490. The van der Waals surface area contributed by atoms with Gasteiger partial charge in [-0.05, 0) is 41.5 Å². The Balaban J connectivity index is 1.37. The fourth-order valence-electron chi connectivity index (χ4n) is 5.40. The lowest BCUT2D eigenvalue weighted by molar-refractivity contribution is 0.663. The Kier molecular flexibility index (Phi) is 3.69. The standard InChI is InChI=1S/C31H20N2O2/c1-2-8-18(9-3-1)31-32-24-15-14-19(16-25(24)33-31)22-17-23-20-10-4-6-12-26(20)34-30(23)28-21-11-5-7-13-27(21)35-29(22)28/h1-17,31-33H. The summed E-state index contributed by atoms with van der Waals surface area (Å²) >= 11 is 0. The number of benzene rings is 5. The van der Waals surface area contributed by atoms with Crippen LogP contribution in [0.15, 0.2) is 112 Å². The van der Waals surface area contributed by atoms with E-state index in [4.69, 9.17) is 8.83 Å². The van der Waals surface area contributed by atoms with Gasteiger partial charge in [0.15, 0.2) is 0 Å². The molecule has 0 radical (unpaired) electrons. The van der Waals surface area contributed by atoms with E-state index in [0.29, 0.717) is 0 Å². The molecule has 0 saturated heterocycles. The molecular weight excluding hydrogens is 432 g/mol. The van der Waals surface area contributed by atoms with E-state index in [2.05, 4.69) is 77.4 Å². The highest BCUT2D eigenvalue weighted by Crippen LogP contribution is 2.45. The van der Waals surface area contributed by atoms with Crippen LogP contribution in [0.3, 0.4) is 0 Å². The SMILES string of the molecule is c1ccc(C2Nc3ccc(-c4cc5c6ccccc6oc5c5c4oc4ccccc45)cc3N2)cc1. The molecule has 0 bridgehead atoms. The number of para-hydroxylation sites is 2. The Hall–Kier alpha value is -4.70. The normalized spacial score (nSPS) is 15.0. The molecule has 2 aromatic heterocycles. The third-order valence-electron chi connectivity index (χ3n) is 7.05. The van der Waals surface area contributed by atoms with Crippen molar-refractivity contribution in [3.8, 4) is 11.1 Å². The summed E-state index contributed by atoms with van der Waals surface area (Å²) in [6.07, 6.45) is 0.0490. The van der Waals surface area contributed by atoms with Crippen LogP contribution >= 0.6 is 0 Å². The molecule has 7 aromatic rings. The van der Waals surface area contributed by atoms with Gasteiger partial charge >= 0.3 is 0 Å². The van der Waals surface area contributed by atoms with Crippen molar-refractivity contribution in [2.45, 2.75) is 6.17 Å². The first-order valence-electron chi connectivity index (χ1n) is 11.8. The zero-order valence-corrected chi connectivity index (χ0v) is 18.7. The summed E-state index contributed by atoms with van der Waals surface area (Å²) in [5, 5.41) is 11.5. The Morgan fingerprint density at radius 2 is 1.23 bits per heavy atom. The summed E-state index contributed by atoms with van der Waals surface area (Å²) in [4.78, 5) is 0. The van der Waals surface area contributed by atoms with Crippen molar-refractivity contribution < 1.29 is 8.83 Å². The van der Waals surface area contributed by atoms with E-state index in [-0.39, 0.29) is 6.17 Å². The maximum absolute atomic E-state index is 6.46.